The van der Waals surface area contributed by atoms with Crippen molar-refractivity contribution in [1.29, 1.82) is 0 Å². The van der Waals surface area contributed by atoms with Crippen LogP contribution < -0.4 is 10.3 Å². The van der Waals surface area contributed by atoms with Gasteiger partial charge in [0.15, 0.2) is 0 Å². The summed E-state index contributed by atoms with van der Waals surface area (Å²) in [7, 11) is 1.64. The van der Waals surface area contributed by atoms with Gasteiger partial charge in [-0.1, -0.05) is 6.07 Å². The lowest BCUT2D eigenvalue weighted by molar-refractivity contribution is -0.133. The molecule has 0 bridgehead atoms. The van der Waals surface area contributed by atoms with Crippen LogP contribution >= 0.6 is 0 Å². The van der Waals surface area contributed by atoms with E-state index >= 15 is 0 Å². The Morgan fingerprint density at radius 3 is 2.83 bits per heavy atom. The molecule has 122 valence electrons. The summed E-state index contributed by atoms with van der Waals surface area (Å²) in [6.45, 7) is 4.48. The van der Waals surface area contributed by atoms with E-state index in [-0.39, 0.29) is 23.9 Å². The molecule has 1 amide bonds. The van der Waals surface area contributed by atoms with Gasteiger partial charge in [0, 0.05) is 17.8 Å². The van der Waals surface area contributed by atoms with Crippen LogP contribution in [0.25, 0.3) is 0 Å². The van der Waals surface area contributed by atoms with E-state index in [0.29, 0.717) is 12.1 Å². The lowest BCUT2D eigenvalue weighted by Crippen LogP contribution is -2.40. The first-order chi connectivity index (χ1) is 11.0. The van der Waals surface area contributed by atoms with E-state index < -0.39 is 0 Å². The number of hydrogen-bond donors (Lipinski definition) is 2. The highest BCUT2D eigenvalue weighted by atomic mass is 16.5. The summed E-state index contributed by atoms with van der Waals surface area (Å²) >= 11 is 0. The minimum absolute atomic E-state index is 0.0281. The third-order valence-electron chi connectivity index (χ3n) is 4.63. The number of nitrogens with zero attached hydrogens (tertiary/aromatic N) is 1. The largest absolute Gasteiger partial charge is 0.497 e. The molecular formula is C17H21N3O3. The Hall–Kier alpha value is -2.50. The molecule has 1 aromatic carbocycles. The van der Waals surface area contributed by atoms with Crippen LogP contribution in [0.4, 0.5) is 0 Å². The molecule has 2 heterocycles. The van der Waals surface area contributed by atoms with Crippen LogP contribution in [0, 0.1) is 6.92 Å². The van der Waals surface area contributed by atoms with Crippen LogP contribution in [-0.4, -0.2) is 34.7 Å². The first-order valence-electron chi connectivity index (χ1n) is 7.73. The number of aromatic amines is 2. The fourth-order valence-electron chi connectivity index (χ4n) is 3.20. The molecule has 0 radical (unpaired) electrons. The van der Waals surface area contributed by atoms with Crippen LogP contribution in [0.1, 0.15) is 35.3 Å². The number of ether oxygens (including phenoxy) is 1. The number of nitrogens with one attached hydrogen (secondary N) is 2. The molecule has 1 aromatic heterocycles. The van der Waals surface area contributed by atoms with E-state index in [1.165, 1.54) is 5.56 Å². The maximum Gasteiger partial charge on any atom is 0.267 e. The number of aryl methyl sites for hydroxylation is 1. The van der Waals surface area contributed by atoms with Crippen molar-refractivity contribution in [1.82, 2.24) is 15.1 Å². The Labute approximate surface area is 134 Å². The molecular weight excluding hydrogens is 294 g/mol. The Kier molecular flexibility index (Phi) is 3.98. The molecule has 0 aliphatic carbocycles. The third-order valence-corrected chi connectivity index (χ3v) is 4.63. The number of carbonyl (C=O) groups is 1. The van der Waals surface area contributed by atoms with Gasteiger partial charge in [-0.3, -0.25) is 14.7 Å². The van der Waals surface area contributed by atoms with Gasteiger partial charge in [0.05, 0.1) is 19.6 Å². The monoisotopic (exact) mass is 315 g/mol. The van der Waals surface area contributed by atoms with E-state index in [1.807, 2.05) is 24.0 Å². The van der Waals surface area contributed by atoms with Gasteiger partial charge in [-0.05, 0) is 43.5 Å². The lowest BCUT2D eigenvalue weighted by atomic mass is 9.92. The van der Waals surface area contributed by atoms with Gasteiger partial charge in [-0.2, -0.15) is 0 Å². The minimum atomic E-state index is -0.220. The molecule has 1 aliphatic rings. The maximum absolute atomic E-state index is 12.7. The molecule has 1 aliphatic heterocycles. The van der Waals surface area contributed by atoms with Gasteiger partial charge in [0.2, 0.25) is 5.91 Å². The Bertz CT molecular complexity index is 791. The van der Waals surface area contributed by atoms with Crippen molar-refractivity contribution in [3.63, 3.8) is 0 Å². The first-order valence-corrected chi connectivity index (χ1v) is 7.73. The standard InChI is InChI=1S/C17H21N3O3/c1-10-14(17(22)19-18-10)9-16(21)20-7-6-12-4-5-13(23-3)8-15(12)11(20)2/h4-5,8,11H,6-7,9H2,1-3H3,(H2,18,19,22)/t11-/m0/s1. The van der Waals surface area contributed by atoms with E-state index in [0.717, 1.165) is 23.4 Å². The van der Waals surface area contributed by atoms with E-state index in [9.17, 15) is 9.59 Å². The zero-order valence-corrected chi connectivity index (χ0v) is 13.6. The normalized spacial score (nSPS) is 17.0. The van der Waals surface area contributed by atoms with Gasteiger partial charge in [0.25, 0.3) is 5.56 Å². The zero-order chi connectivity index (χ0) is 16.6. The highest BCUT2D eigenvalue weighted by molar-refractivity contribution is 5.79. The average molecular weight is 315 g/mol. The highest BCUT2D eigenvalue weighted by Gasteiger charge is 2.28. The third kappa shape index (κ3) is 2.76. The molecule has 3 rings (SSSR count). The smallest absolute Gasteiger partial charge is 0.267 e. The Balaban J connectivity index is 1.84. The minimum Gasteiger partial charge on any atom is -0.497 e. The molecule has 23 heavy (non-hydrogen) atoms. The quantitative estimate of drug-likeness (QED) is 0.905. The average Bonchev–Trinajstić information content (AvgIpc) is 2.86. The number of methoxy groups -OCH3 is 1. The van der Waals surface area contributed by atoms with Crippen molar-refractivity contribution in [3.8, 4) is 5.75 Å². The zero-order valence-electron chi connectivity index (χ0n) is 13.6. The van der Waals surface area contributed by atoms with Crippen LogP contribution in [0.2, 0.25) is 0 Å². The summed E-state index contributed by atoms with van der Waals surface area (Å²) in [5, 5.41) is 5.28. The number of hydrogen-bond acceptors (Lipinski definition) is 3. The summed E-state index contributed by atoms with van der Waals surface area (Å²) in [5.41, 5.74) is 3.37. The van der Waals surface area contributed by atoms with Crippen molar-refractivity contribution in [2.24, 2.45) is 0 Å². The van der Waals surface area contributed by atoms with Crippen LogP contribution in [-0.2, 0) is 17.6 Å². The molecule has 0 saturated carbocycles. The molecule has 0 unspecified atom stereocenters. The van der Waals surface area contributed by atoms with Gasteiger partial charge in [0.1, 0.15) is 5.75 Å². The predicted molar refractivity (Wildman–Crippen MR) is 86.7 cm³/mol. The van der Waals surface area contributed by atoms with Gasteiger partial charge in [-0.15, -0.1) is 0 Å². The number of benzene rings is 1. The molecule has 6 heteroatoms. The van der Waals surface area contributed by atoms with Crippen molar-refractivity contribution in [2.75, 3.05) is 13.7 Å². The molecule has 0 spiro atoms. The number of aromatic nitrogens is 2. The fraction of sp³-hybridized carbons (Fsp3) is 0.412. The molecule has 1 atom stereocenters. The summed E-state index contributed by atoms with van der Waals surface area (Å²) in [6, 6.07) is 5.98. The van der Waals surface area contributed by atoms with E-state index in [1.54, 1.807) is 14.0 Å². The molecule has 2 aromatic rings. The molecule has 6 nitrogen and oxygen atoms in total. The summed E-state index contributed by atoms with van der Waals surface area (Å²) < 4.78 is 5.29. The summed E-state index contributed by atoms with van der Waals surface area (Å²) in [4.78, 5) is 26.3. The molecule has 0 saturated heterocycles. The van der Waals surface area contributed by atoms with E-state index in [2.05, 4.69) is 16.3 Å². The second-order valence-corrected chi connectivity index (χ2v) is 5.94. The number of amides is 1. The highest BCUT2D eigenvalue weighted by Crippen LogP contribution is 2.32. The second-order valence-electron chi connectivity index (χ2n) is 5.94. The number of H-pyrrole nitrogens is 2. The SMILES string of the molecule is COc1ccc2c(c1)[C@H](C)N(C(=O)Cc1c(C)[nH][nH]c1=O)CC2. The molecule has 2 N–H and O–H groups in total. The van der Waals surface area contributed by atoms with Crippen molar-refractivity contribution in [2.45, 2.75) is 32.7 Å². The van der Waals surface area contributed by atoms with Crippen molar-refractivity contribution >= 4 is 5.91 Å². The number of fused-ring (bicyclic) bond motifs is 1. The van der Waals surface area contributed by atoms with Gasteiger partial charge in [-0.25, -0.2) is 0 Å². The summed E-state index contributed by atoms with van der Waals surface area (Å²) in [5.74, 6) is 0.766. The van der Waals surface area contributed by atoms with Crippen molar-refractivity contribution in [3.05, 3.63) is 50.9 Å². The summed E-state index contributed by atoms with van der Waals surface area (Å²) in [6.07, 6.45) is 0.937. The molecule has 0 fully saturated rings. The van der Waals surface area contributed by atoms with Crippen LogP contribution in [0.3, 0.4) is 0 Å². The van der Waals surface area contributed by atoms with Gasteiger partial charge >= 0.3 is 0 Å². The second kappa shape index (κ2) is 5.95. The number of rotatable bonds is 3. The van der Waals surface area contributed by atoms with Crippen molar-refractivity contribution < 1.29 is 9.53 Å². The fourth-order valence-corrected chi connectivity index (χ4v) is 3.20. The Morgan fingerprint density at radius 1 is 1.39 bits per heavy atom. The predicted octanol–water partition coefficient (Wildman–Crippen LogP) is 1.71. The van der Waals surface area contributed by atoms with E-state index in [4.69, 9.17) is 4.74 Å². The first kappa shape index (κ1) is 15.4. The lowest BCUT2D eigenvalue weighted by Gasteiger charge is -2.35. The van der Waals surface area contributed by atoms with Gasteiger partial charge < -0.3 is 14.7 Å². The van der Waals surface area contributed by atoms with Crippen LogP contribution in [0.15, 0.2) is 23.0 Å². The Morgan fingerprint density at radius 2 is 2.17 bits per heavy atom. The number of carbonyl (C=O) groups excluding carboxylic acids is 1. The van der Waals surface area contributed by atoms with Crippen LogP contribution in [0.5, 0.6) is 5.75 Å². The maximum atomic E-state index is 12.7. The topological polar surface area (TPSA) is 78.2 Å².